The molecule has 35 heavy (non-hydrogen) atoms. The molecular weight excluding hydrogens is 448 g/mol. The molecule has 0 unspecified atom stereocenters. The van der Waals surface area contributed by atoms with Gasteiger partial charge in [-0.1, -0.05) is 13.8 Å². The van der Waals surface area contributed by atoms with Gasteiger partial charge in [0.15, 0.2) is 5.82 Å². The Balaban J connectivity index is 0.00000167. The molecule has 0 bridgehead atoms. The smallest absolute Gasteiger partial charge is 0.319 e. The number of nitrogens with zero attached hydrogens (tertiary/aromatic N) is 4. The zero-order valence-corrected chi connectivity index (χ0v) is 21.1. The summed E-state index contributed by atoms with van der Waals surface area (Å²) < 4.78 is 10.6. The third-order valence-corrected chi connectivity index (χ3v) is 5.71. The standard InChI is InChI=1S/C23H30N6O4.C2H6/c1-3-24-23(31)25-17-6-4-16(5-7-17)21-26-19-14-29(20(30)15-32-2)9-8-18(19)22(27-21)28-10-12-33-13-11-28;1-2/h4-7H,3,8-15H2,1-2H3,(H2,24,25,31);1-2H3. The zero-order valence-electron chi connectivity index (χ0n) is 21.1. The molecule has 2 aliphatic heterocycles. The number of amides is 3. The summed E-state index contributed by atoms with van der Waals surface area (Å²) in [6, 6.07) is 7.20. The lowest BCUT2D eigenvalue weighted by Gasteiger charge is -2.34. The second-order valence-electron chi connectivity index (χ2n) is 7.96. The lowest BCUT2D eigenvalue weighted by molar-refractivity contribution is -0.136. The van der Waals surface area contributed by atoms with Gasteiger partial charge in [0.25, 0.3) is 0 Å². The molecule has 10 heteroatoms. The molecular formula is C25H36N6O4. The Kier molecular flexibility index (Phi) is 9.80. The number of anilines is 2. The van der Waals surface area contributed by atoms with Crippen LogP contribution in [-0.4, -0.2) is 79.9 Å². The van der Waals surface area contributed by atoms with E-state index in [1.165, 1.54) is 7.11 Å². The number of rotatable bonds is 6. The van der Waals surface area contributed by atoms with E-state index >= 15 is 0 Å². The van der Waals surface area contributed by atoms with Crippen LogP contribution in [0.5, 0.6) is 0 Å². The fourth-order valence-corrected chi connectivity index (χ4v) is 4.04. The van der Waals surface area contributed by atoms with Gasteiger partial charge in [-0.05, 0) is 37.6 Å². The topological polar surface area (TPSA) is 109 Å². The monoisotopic (exact) mass is 484 g/mol. The molecule has 0 radical (unpaired) electrons. The van der Waals surface area contributed by atoms with Gasteiger partial charge in [0.2, 0.25) is 5.91 Å². The predicted molar refractivity (Wildman–Crippen MR) is 136 cm³/mol. The van der Waals surface area contributed by atoms with E-state index in [4.69, 9.17) is 19.4 Å². The number of ether oxygens (including phenoxy) is 2. The molecule has 0 saturated carbocycles. The van der Waals surface area contributed by atoms with Gasteiger partial charge in [0.1, 0.15) is 12.4 Å². The molecule has 1 fully saturated rings. The molecule has 2 N–H and O–H groups in total. The van der Waals surface area contributed by atoms with Gasteiger partial charge in [-0.2, -0.15) is 0 Å². The molecule has 0 spiro atoms. The van der Waals surface area contributed by atoms with Crippen molar-refractivity contribution in [3.05, 3.63) is 35.5 Å². The van der Waals surface area contributed by atoms with Crippen LogP contribution in [0.4, 0.5) is 16.3 Å². The first-order valence-corrected chi connectivity index (χ1v) is 12.2. The highest BCUT2D eigenvalue weighted by atomic mass is 16.5. The van der Waals surface area contributed by atoms with Gasteiger partial charge in [0.05, 0.1) is 25.5 Å². The zero-order chi connectivity index (χ0) is 25.2. The first-order valence-electron chi connectivity index (χ1n) is 12.2. The first-order chi connectivity index (χ1) is 17.1. The van der Waals surface area contributed by atoms with Gasteiger partial charge in [0, 0.05) is 50.1 Å². The quantitative estimate of drug-likeness (QED) is 0.649. The Bertz CT molecular complexity index is 992. The highest BCUT2D eigenvalue weighted by Gasteiger charge is 2.28. The van der Waals surface area contributed by atoms with Crippen LogP contribution in [-0.2, 0) is 27.2 Å². The minimum absolute atomic E-state index is 0.0444. The van der Waals surface area contributed by atoms with Crippen molar-refractivity contribution in [2.75, 3.05) is 63.3 Å². The number of nitrogens with one attached hydrogen (secondary N) is 2. The number of carbonyl (C=O) groups excluding carboxylic acids is 2. The maximum Gasteiger partial charge on any atom is 0.319 e. The van der Waals surface area contributed by atoms with Gasteiger partial charge in [-0.3, -0.25) is 4.79 Å². The van der Waals surface area contributed by atoms with E-state index in [-0.39, 0.29) is 18.5 Å². The third kappa shape index (κ3) is 6.67. The fraction of sp³-hybridized carbons (Fsp3) is 0.520. The van der Waals surface area contributed by atoms with Crippen LogP contribution in [0.3, 0.4) is 0 Å². The first kappa shape index (κ1) is 26.4. The van der Waals surface area contributed by atoms with Gasteiger partial charge < -0.3 is 29.9 Å². The van der Waals surface area contributed by atoms with Crippen molar-refractivity contribution >= 4 is 23.4 Å². The summed E-state index contributed by atoms with van der Waals surface area (Å²) in [4.78, 5) is 38.0. The number of hydrogen-bond donors (Lipinski definition) is 2. The highest BCUT2D eigenvalue weighted by Crippen LogP contribution is 2.30. The average Bonchev–Trinajstić information content (AvgIpc) is 2.90. The van der Waals surface area contributed by atoms with Crippen molar-refractivity contribution in [3.8, 4) is 11.4 Å². The van der Waals surface area contributed by atoms with Crippen molar-refractivity contribution in [1.29, 1.82) is 0 Å². The molecule has 3 heterocycles. The maximum absolute atomic E-state index is 12.4. The number of hydrogen-bond acceptors (Lipinski definition) is 7. The van der Waals surface area contributed by atoms with Crippen molar-refractivity contribution in [2.45, 2.75) is 33.7 Å². The minimum Gasteiger partial charge on any atom is -0.378 e. The van der Waals surface area contributed by atoms with Crippen LogP contribution in [0, 0.1) is 0 Å². The summed E-state index contributed by atoms with van der Waals surface area (Å²) in [5.74, 6) is 1.47. The second kappa shape index (κ2) is 13.0. The molecule has 0 aliphatic carbocycles. The van der Waals surface area contributed by atoms with Gasteiger partial charge in [-0.15, -0.1) is 0 Å². The Morgan fingerprint density at radius 3 is 2.46 bits per heavy atom. The summed E-state index contributed by atoms with van der Waals surface area (Å²) in [7, 11) is 1.52. The van der Waals surface area contributed by atoms with Crippen LogP contribution in [0.2, 0.25) is 0 Å². The molecule has 0 atom stereocenters. The molecule has 190 valence electrons. The third-order valence-electron chi connectivity index (χ3n) is 5.71. The number of fused-ring (bicyclic) bond motifs is 1. The van der Waals surface area contributed by atoms with E-state index in [0.717, 1.165) is 35.7 Å². The summed E-state index contributed by atoms with van der Waals surface area (Å²) >= 11 is 0. The van der Waals surface area contributed by atoms with Crippen molar-refractivity contribution in [3.63, 3.8) is 0 Å². The number of benzene rings is 1. The Morgan fingerprint density at radius 1 is 1.09 bits per heavy atom. The molecule has 1 aromatic heterocycles. The average molecular weight is 485 g/mol. The minimum atomic E-state index is -0.245. The maximum atomic E-state index is 12.4. The van der Waals surface area contributed by atoms with E-state index in [1.54, 1.807) is 4.90 Å². The number of morpholine rings is 1. The summed E-state index contributed by atoms with van der Waals surface area (Å²) in [5.41, 5.74) is 3.49. The Hall–Kier alpha value is -3.24. The van der Waals surface area contributed by atoms with Crippen LogP contribution in [0.1, 0.15) is 32.0 Å². The molecule has 10 nitrogen and oxygen atoms in total. The lowest BCUT2D eigenvalue weighted by atomic mass is 10.0. The molecule has 1 aromatic carbocycles. The van der Waals surface area contributed by atoms with E-state index in [9.17, 15) is 9.59 Å². The normalized spacial score (nSPS) is 15.0. The summed E-state index contributed by atoms with van der Waals surface area (Å²) in [6.45, 7) is 10.4. The van der Waals surface area contributed by atoms with Crippen LogP contribution >= 0.6 is 0 Å². The fourth-order valence-electron chi connectivity index (χ4n) is 4.04. The Labute approximate surface area is 207 Å². The molecule has 1 saturated heterocycles. The summed E-state index contributed by atoms with van der Waals surface area (Å²) in [5, 5.41) is 5.50. The largest absolute Gasteiger partial charge is 0.378 e. The Morgan fingerprint density at radius 2 is 1.80 bits per heavy atom. The van der Waals surface area contributed by atoms with Crippen molar-refractivity contribution < 1.29 is 19.1 Å². The molecule has 4 rings (SSSR count). The van der Waals surface area contributed by atoms with E-state index < -0.39 is 0 Å². The lowest BCUT2D eigenvalue weighted by Crippen LogP contribution is -2.41. The number of aromatic nitrogens is 2. The van der Waals surface area contributed by atoms with Gasteiger partial charge in [-0.25, -0.2) is 14.8 Å². The molecule has 2 aromatic rings. The van der Waals surface area contributed by atoms with E-state index in [1.807, 2.05) is 45.0 Å². The highest BCUT2D eigenvalue weighted by molar-refractivity contribution is 5.89. The number of urea groups is 1. The number of carbonyl (C=O) groups is 2. The second-order valence-corrected chi connectivity index (χ2v) is 7.96. The SMILES string of the molecule is CC.CCNC(=O)Nc1ccc(-c2nc3c(c(N4CCOCC4)n2)CCN(C(=O)COC)C3)cc1. The predicted octanol–water partition coefficient (Wildman–Crippen LogP) is 2.68. The number of methoxy groups -OCH3 is 1. The van der Waals surface area contributed by atoms with Crippen molar-refractivity contribution in [1.82, 2.24) is 20.2 Å². The molecule has 3 amide bonds. The summed E-state index contributed by atoms with van der Waals surface area (Å²) in [6.07, 6.45) is 0.702. The molecule has 2 aliphatic rings. The van der Waals surface area contributed by atoms with E-state index in [2.05, 4.69) is 15.5 Å². The van der Waals surface area contributed by atoms with E-state index in [0.29, 0.717) is 50.8 Å². The van der Waals surface area contributed by atoms with Gasteiger partial charge >= 0.3 is 6.03 Å². The van der Waals surface area contributed by atoms with Crippen LogP contribution < -0.4 is 15.5 Å². The van der Waals surface area contributed by atoms with Crippen molar-refractivity contribution in [2.24, 2.45) is 0 Å². The van der Waals surface area contributed by atoms with Crippen LogP contribution in [0.15, 0.2) is 24.3 Å². The van der Waals surface area contributed by atoms with Crippen LogP contribution in [0.25, 0.3) is 11.4 Å².